The van der Waals surface area contributed by atoms with Crippen LogP contribution in [0.1, 0.15) is 53.0 Å². The third kappa shape index (κ3) is 3.39. The number of nitrogens with zero attached hydrogens (tertiary/aromatic N) is 3. The van der Waals surface area contributed by atoms with E-state index in [4.69, 9.17) is 0 Å². The summed E-state index contributed by atoms with van der Waals surface area (Å²) in [4.78, 5) is 23.3. The molecule has 29 heavy (non-hydrogen) atoms. The lowest BCUT2D eigenvalue weighted by atomic mass is 9.92. The number of benzene rings is 1. The van der Waals surface area contributed by atoms with E-state index >= 15 is 0 Å². The monoisotopic (exact) mass is 391 g/mol. The highest BCUT2D eigenvalue weighted by atomic mass is 16.3. The molecule has 0 fully saturated rings. The van der Waals surface area contributed by atoms with Crippen LogP contribution in [0.2, 0.25) is 0 Å². The molecule has 0 aliphatic carbocycles. The normalized spacial score (nSPS) is 17.2. The van der Waals surface area contributed by atoms with Crippen LogP contribution in [0.15, 0.2) is 48.8 Å². The van der Waals surface area contributed by atoms with Gasteiger partial charge < -0.3 is 15.1 Å². The van der Waals surface area contributed by atoms with Crippen molar-refractivity contribution in [3.63, 3.8) is 0 Å². The lowest BCUT2D eigenvalue weighted by Crippen LogP contribution is -2.42. The molecule has 6 nitrogen and oxygen atoms in total. The standard InChI is InChI=1S/C23H25N3O3/c1-14(18-7-8-24-22-6-4-3-5-19(18)22)9-16-10-20-15(2)26(17(12-27)13-28)23(29)21(20)11-25-16/h3-8,10-11,14-15,17,27-28H,9,12-13H2,1-2H3. The van der Waals surface area contributed by atoms with Gasteiger partial charge in [0.05, 0.1) is 36.4 Å². The lowest BCUT2D eigenvalue weighted by molar-refractivity contribution is 0.0394. The minimum absolute atomic E-state index is 0.187. The average molecular weight is 391 g/mol. The van der Waals surface area contributed by atoms with Crippen LogP contribution < -0.4 is 0 Å². The minimum Gasteiger partial charge on any atom is -0.394 e. The topological polar surface area (TPSA) is 86.6 Å². The Hall–Kier alpha value is -2.83. The molecule has 2 N–H and O–H groups in total. The minimum atomic E-state index is -0.601. The van der Waals surface area contributed by atoms with Crippen molar-refractivity contribution in [1.82, 2.24) is 14.9 Å². The number of para-hydroxylation sites is 1. The van der Waals surface area contributed by atoms with Gasteiger partial charge in [0.2, 0.25) is 0 Å². The number of hydrogen-bond donors (Lipinski definition) is 2. The van der Waals surface area contributed by atoms with Crippen LogP contribution in [0, 0.1) is 0 Å². The summed E-state index contributed by atoms with van der Waals surface area (Å²) in [7, 11) is 0. The lowest BCUT2D eigenvalue weighted by Gasteiger charge is -2.29. The summed E-state index contributed by atoms with van der Waals surface area (Å²) in [5.74, 6) is 0.0485. The van der Waals surface area contributed by atoms with Gasteiger partial charge in [-0.25, -0.2) is 0 Å². The van der Waals surface area contributed by atoms with Crippen LogP contribution in [0.25, 0.3) is 10.9 Å². The van der Waals surface area contributed by atoms with E-state index in [1.165, 1.54) is 5.56 Å². The van der Waals surface area contributed by atoms with Crippen LogP contribution >= 0.6 is 0 Å². The molecule has 1 aliphatic rings. The van der Waals surface area contributed by atoms with E-state index in [2.05, 4.69) is 29.0 Å². The predicted octanol–water partition coefficient (Wildman–Crippen LogP) is 2.85. The van der Waals surface area contributed by atoms with E-state index in [9.17, 15) is 15.0 Å². The van der Waals surface area contributed by atoms with Gasteiger partial charge in [0, 0.05) is 23.5 Å². The first-order valence-corrected chi connectivity index (χ1v) is 9.92. The largest absolute Gasteiger partial charge is 0.394 e. The first kappa shape index (κ1) is 19.5. The van der Waals surface area contributed by atoms with E-state index in [1.807, 2.05) is 37.4 Å². The molecule has 0 bridgehead atoms. The summed E-state index contributed by atoms with van der Waals surface area (Å²) in [6.45, 7) is 3.55. The summed E-state index contributed by atoms with van der Waals surface area (Å²) in [6.07, 6.45) is 4.21. The molecule has 2 unspecified atom stereocenters. The quantitative estimate of drug-likeness (QED) is 0.675. The SMILES string of the molecule is CC(Cc1cc2c(cn1)C(=O)N(C(CO)CO)C2C)c1ccnc2ccccc12. The first-order valence-electron chi connectivity index (χ1n) is 9.92. The average Bonchev–Trinajstić information content (AvgIpc) is 2.99. The Morgan fingerprint density at radius 1 is 1.14 bits per heavy atom. The second-order valence-electron chi connectivity index (χ2n) is 7.69. The fourth-order valence-corrected chi connectivity index (χ4v) is 4.30. The van der Waals surface area contributed by atoms with Crippen molar-refractivity contribution in [2.45, 2.75) is 38.3 Å². The predicted molar refractivity (Wildman–Crippen MR) is 111 cm³/mol. The van der Waals surface area contributed by atoms with Crippen LogP contribution in [-0.2, 0) is 6.42 Å². The summed E-state index contributed by atoms with van der Waals surface area (Å²) < 4.78 is 0. The zero-order chi connectivity index (χ0) is 20.5. The zero-order valence-corrected chi connectivity index (χ0v) is 16.6. The molecule has 2 aromatic heterocycles. The molecule has 6 heteroatoms. The molecule has 3 aromatic rings. The highest BCUT2D eigenvalue weighted by molar-refractivity contribution is 5.99. The Morgan fingerprint density at radius 2 is 1.90 bits per heavy atom. The van der Waals surface area contributed by atoms with Gasteiger partial charge in [-0.1, -0.05) is 25.1 Å². The number of pyridine rings is 2. The number of hydrogen-bond acceptors (Lipinski definition) is 5. The van der Waals surface area contributed by atoms with Gasteiger partial charge in [-0.05, 0) is 48.6 Å². The fraction of sp³-hybridized carbons (Fsp3) is 0.348. The maximum absolute atomic E-state index is 12.7. The molecule has 0 spiro atoms. The highest BCUT2D eigenvalue weighted by Crippen LogP contribution is 2.35. The Labute approximate surface area is 169 Å². The highest BCUT2D eigenvalue weighted by Gasteiger charge is 2.38. The zero-order valence-electron chi connectivity index (χ0n) is 16.6. The molecule has 1 amide bonds. The number of aliphatic hydroxyl groups is 2. The van der Waals surface area contributed by atoms with E-state index in [0.717, 1.165) is 28.6 Å². The van der Waals surface area contributed by atoms with E-state index < -0.39 is 6.04 Å². The van der Waals surface area contributed by atoms with Gasteiger partial charge in [-0.15, -0.1) is 0 Å². The number of rotatable bonds is 6. The van der Waals surface area contributed by atoms with Crippen LogP contribution in [0.3, 0.4) is 0 Å². The third-order valence-corrected chi connectivity index (χ3v) is 5.87. The fourth-order valence-electron chi connectivity index (χ4n) is 4.30. The van der Waals surface area contributed by atoms with Gasteiger partial charge in [-0.2, -0.15) is 0 Å². The number of amides is 1. The Morgan fingerprint density at radius 3 is 2.66 bits per heavy atom. The van der Waals surface area contributed by atoms with Crippen LogP contribution in [0.5, 0.6) is 0 Å². The van der Waals surface area contributed by atoms with Crippen molar-refractivity contribution in [3.8, 4) is 0 Å². The maximum atomic E-state index is 12.7. The van der Waals surface area contributed by atoms with E-state index in [0.29, 0.717) is 5.56 Å². The van der Waals surface area contributed by atoms with Gasteiger partial charge >= 0.3 is 0 Å². The molecule has 0 saturated carbocycles. The molecule has 1 aliphatic heterocycles. The van der Waals surface area contributed by atoms with Gasteiger partial charge in [-0.3, -0.25) is 14.8 Å². The number of aromatic nitrogens is 2. The summed E-state index contributed by atoms with van der Waals surface area (Å²) in [6, 6.07) is 11.4. The molecule has 4 rings (SSSR count). The van der Waals surface area contributed by atoms with Crippen molar-refractivity contribution in [2.75, 3.05) is 13.2 Å². The maximum Gasteiger partial charge on any atom is 0.256 e. The van der Waals surface area contributed by atoms with Gasteiger partial charge in [0.25, 0.3) is 5.91 Å². The Kier molecular flexibility index (Phi) is 5.30. The molecule has 0 radical (unpaired) electrons. The summed E-state index contributed by atoms with van der Waals surface area (Å²) >= 11 is 0. The van der Waals surface area contributed by atoms with Crippen LogP contribution in [-0.4, -0.2) is 50.2 Å². The van der Waals surface area contributed by atoms with Crippen molar-refractivity contribution >= 4 is 16.8 Å². The van der Waals surface area contributed by atoms with Crippen molar-refractivity contribution in [1.29, 1.82) is 0 Å². The van der Waals surface area contributed by atoms with Crippen molar-refractivity contribution < 1.29 is 15.0 Å². The summed E-state index contributed by atoms with van der Waals surface area (Å²) in [5, 5.41) is 20.2. The van der Waals surface area contributed by atoms with Crippen molar-refractivity contribution in [3.05, 3.63) is 71.2 Å². The number of aliphatic hydroxyl groups excluding tert-OH is 2. The Balaban J connectivity index is 1.62. The molecule has 150 valence electrons. The van der Waals surface area contributed by atoms with E-state index in [-0.39, 0.29) is 31.1 Å². The second-order valence-corrected chi connectivity index (χ2v) is 7.69. The van der Waals surface area contributed by atoms with E-state index in [1.54, 1.807) is 11.1 Å². The summed E-state index contributed by atoms with van der Waals surface area (Å²) in [5.41, 5.74) is 4.58. The molecule has 3 heterocycles. The number of carbonyl (C=O) groups is 1. The van der Waals surface area contributed by atoms with Crippen molar-refractivity contribution in [2.24, 2.45) is 0 Å². The van der Waals surface area contributed by atoms with Crippen LogP contribution in [0.4, 0.5) is 0 Å². The van der Waals surface area contributed by atoms with Gasteiger partial charge in [0.1, 0.15) is 0 Å². The first-order chi connectivity index (χ1) is 14.0. The Bertz CT molecular complexity index is 1040. The molecular weight excluding hydrogens is 366 g/mol. The molecule has 1 aromatic carbocycles. The second kappa shape index (κ2) is 7.89. The third-order valence-electron chi connectivity index (χ3n) is 5.87. The smallest absolute Gasteiger partial charge is 0.256 e. The van der Waals surface area contributed by atoms with Gasteiger partial charge in [0.15, 0.2) is 0 Å². The number of carbonyl (C=O) groups excluding carboxylic acids is 1. The molecule has 2 atom stereocenters. The number of fused-ring (bicyclic) bond motifs is 2. The molecule has 0 saturated heterocycles. The molecular formula is C23H25N3O3.